The first kappa shape index (κ1) is 24.7. The SMILES string of the molecule is CCNC(=O)Nc1ncnc2c1ncn2C1OC(COCC2CC2C(=O)O)C2O[C@H](c3ccccc3)OC21. The molecule has 13 nitrogen and oxygen atoms in total. The highest BCUT2D eigenvalue weighted by atomic mass is 16.8. The number of ether oxygens (including phenoxy) is 4. The first-order valence-electron chi connectivity index (χ1n) is 12.6. The number of amides is 2. The number of hydrogen-bond donors (Lipinski definition) is 3. The number of anilines is 1. The smallest absolute Gasteiger partial charge is 0.320 e. The van der Waals surface area contributed by atoms with Crippen LogP contribution in [0.2, 0.25) is 0 Å². The standard InChI is InChI=1S/C25H28N6O7/c1-2-26-25(34)30-20-17-21(28-11-27-20)31(12-29-17)22-19-18(37-24(38-19)13-6-4-3-5-7-13)16(36-22)10-35-9-14-8-15(14)23(32)33/h3-7,11-12,14-16,18-19,22,24H,2,8-10H2,1H3,(H,32,33)(H2,26,27,28,30,34)/t14?,15?,16?,18?,19?,22?,24-/m0/s1. The number of imidazole rings is 1. The molecule has 1 aliphatic carbocycles. The van der Waals surface area contributed by atoms with Crippen molar-refractivity contribution in [3.63, 3.8) is 0 Å². The Kier molecular flexibility index (Phi) is 6.66. The van der Waals surface area contributed by atoms with Gasteiger partial charge in [0.25, 0.3) is 0 Å². The molecule has 2 aliphatic heterocycles. The lowest BCUT2D eigenvalue weighted by Gasteiger charge is -2.21. The highest BCUT2D eigenvalue weighted by Gasteiger charge is 2.54. The van der Waals surface area contributed by atoms with Gasteiger partial charge in [0.05, 0.1) is 25.5 Å². The van der Waals surface area contributed by atoms with Crippen molar-refractivity contribution in [3.05, 3.63) is 48.5 Å². The van der Waals surface area contributed by atoms with Crippen LogP contribution in [-0.4, -0.2) is 74.7 Å². The van der Waals surface area contributed by atoms with Crippen molar-refractivity contribution in [3.8, 4) is 0 Å². The third-order valence-corrected chi connectivity index (χ3v) is 6.97. The second-order valence-corrected chi connectivity index (χ2v) is 9.52. The van der Waals surface area contributed by atoms with E-state index in [1.807, 2.05) is 37.3 Å². The van der Waals surface area contributed by atoms with Crippen LogP contribution in [0.5, 0.6) is 0 Å². The summed E-state index contributed by atoms with van der Waals surface area (Å²) in [4.78, 5) is 36.2. The van der Waals surface area contributed by atoms with Crippen molar-refractivity contribution in [2.24, 2.45) is 11.8 Å². The number of carboxylic acids is 1. The summed E-state index contributed by atoms with van der Waals surface area (Å²) in [5.74, 6) is -0.836. The summed E-state index contributed by atoms with van der Waals surface area (Å²) in [6.45, 7) is 2.85. The molecule has 2 aromatic heterocycles. The molecule has 4 heterocycles. The van der Waals surface area contributed by atoms with E-state index in [0.717, 1.165) is 5.56 Å². The van der Waals surface area contributed by atoms with E-state index >= 15 is 0 Å². The van der Waals surface area contributed by atoms with Crippen molar-refractivity contribution >= 4 is 29.0 Å². The number of carboxylic acid groups (broad SMARTS) is 1. The largest absolute Gasteiger partial charge is 0.481 e. The molecule has 13 heteroatoms. The number of rotatable bonds is 9. The van der Waals surface area contributed by atoms with Crippen molar-refractivity contribution in [2.75, 3.05) is 25.1 Å². The second kappa shape index (κ2) is 10.3. The molecule has 2 amide bonds. The molecule has 0 bridgehead atoms. The molecule has 0 spiro atoms. The summed E-state index contributed by atoms with van der Waals surface area (Å²) in [5, 5.41) is 14.5. The summed E-state index contributed by atoms with van der Waals surface area (Å²) in [6, 6.07) is 9.24. The number of benzene rings is 1. The predicted octanol–water partition coefficient (Wildman–Crippen LogP) is 2.09. The van der Waals surface area contributed by atoms with E-state index in [-0.39, 0.29) is 24.3 Å². The molecule has 38 heavy (non-hydrogen) atoms. The molecule has 6 unspecified atom stereocenters. The molecule has 200 valence electrons. The number of aliphatic carboxylic acids is 1. The van der Waals surface area contributed by atoms with Crippen molar-refractivity contribution in [1.29, 1.82) is 0 Å². The fourth-order valence-electron chi connectivity index (χ4n) is 4.97. The van der Waals surface area contributed by atoms with Crippen LogP contribution in [0, 0.1) is 11.8 Å². The average Bonchev–Trinajstić information content (AvgIpc) is 3.21. The average molecular weight is 525 g/mol. The summed E-state index contributed by atoms with van der Waals surface area (Å²) >= 11 is 0. The first-order valence-corrected chi connectivity index (χ1v) is 12.6. The fourth-order valence-corrected chi connectivity index (χ4v) is 4.97. The van der Waals surface area contributed by atoms with Gasteiger partial charge in [0.2, 0.25) is 0 Å². The number of aromatic nitrogens is 4. The third-order valence-electron chi connectivity index (χ3n) is 6.97. The fraction of sp³-hybridized carbons (Fsp3) is 0.480. The van der Waals surface area contributed by atoms with E-state index < -0.39 is 42.8 Å². The molecule has 1 saturated carbocycles. The lowest BCUT2D eigenvalue weighted by Crippen LogP contribution is -2.32. The summed E-state index contributed by atoms with van der Waals surface area (Å²) < 4.78 is 26.7. The molecule has 3 fully saturated rings. The van der Waals surface area contributed by atoms with Gasteiger partial charge in [0.15, 0.2) is 29.5 Å². The van der Waals surface area contributed by atoms with Crippen molar-refractivity contribution < 1.29 is 33.6 Å². The highest BCUT2D eigenvalue weighted by molar-refractivity contribution is 5.95. The maximum atomic E-state index is 12.1. The maximum absolute atomic E-state index is 12.1. The van der Waals surface area contributed by atoms with Crippen LogP contribution in [0.4, 0.5) is 10.6 Å². The lowest BCUT2D eigenvalue weighted by atomic mass is 10.1. The zero-order valence-electron chi connectivity index (χ0n) is 20.6. The van der Waals surface area contributed by atoms with Gasteiger partial charge in [-0.3, -0.25) is 14.7 Å². The number of carbonyl (C=O) groups is 2. The Morgan fingerprint density at radius 3 is 2.68 bits per heavy atom. The van der Waals surface area contributed by atoms with Crippen LogP contribution >= 0.6 is 0 Å². The molecule has 2 saturated heterocycles. The normalized spacial score (nSPS) is 29.8. The second-order valence-electron chi connectivity index (χ2n) is 9.52. The van der Waals surface area contributed by atoms with Gasteiger partial charge in [-0.1, -0.05) is 30.3 Å². The minimum Gasteiger partial charge on any atom is -0.481 e. The zero-order chi connectivity index (χ0) is 26.2. The summed E-state index contributed by atoms with van der Waals surface area (Å²) in [6.07, 6.45) is 0.940. The van der Waals surface area contributed by atoms with E-state index in [2.05, 4.69) is 25.6 Å². The zero-order valence-corrected chi connectivity index (χ0v) is 20.6. The maximum Gasteiger partial charge on any atom is 0.320 e. The quantitative estimate of drug-likeness (QED) is 0.378. The van der Waals surface area contributed by atoms with Gasteiger partial charge in [-0.25, -0.2) is 19.7 Å². The summed E-state index contributed by atoms with van der Waals surface area (Å²) in [5.41, 5.74) is 1.76. The number of hydrogen-bond acceptors (Lipinski definition) is 9. The van der Waals surface area contributed by atoms with Crippen LogP contribution in [0.15, 0.2) is 43.0 Å². The van der Waals surface area contributed by atoms with Gasteiger partial charge < -0.3 is 29.4 Å². The van der Waals surface area contributed by atoms with E-state index in [4.69, 9.17) is 24.1 Å². The minimum absolute atomic E-state index is 0.0171. The molecule has 3 aromatic rings. The molecule has 1 aromatic carbocycles. The summed E-state index contributed by atoms with van der Waals surface area (Å²) in [7, 11) is 0. The van der Waals surface area contributed by atoms with Crippen molar-refractivity contribution in [2.45, 2.75) is 44.2 Å². The van der Waals surface area contributed by atoms with Gasteiger partial charge >= 0.3 is 12.0 Å². The van der Waals surface area contributed by atoms with E-state index in [0.29, 0.717) is 30.7 Å². The van der Waals surface area contributed by atoms with Crippen LogP contribution in [0.3, 0.4) is 0 Å². The van der Waals surface area contributed by atoms with Gasteiger partial charge in [-0.2, -0.15) is 0 Å². The molecular weight excluding hydrogens is 496 g/mol. The Morgan fingerprint density at radius 1 is 1.11 bits per heavy atom. The van der Waals surface area contributed by atoms with Crippen molar-refractivity contribution in [1.82, 2.24) is 24.8 Å². The Hall–Kier alpha value is -3.65. The molecular formula is C25H28N6O7. The number of nitrogens with zero attached hydrogens (tertiary/aromatic N) is 4. The highest BCUT2D eigenvalue weighted by Crippen LogP contribution is 2.45. The lowest BCUT2D eigenvalue weighted by molar-refractivity contribution is -0.157. The molecule has 3 N–H and O–H groups in total. The predicted molar refractivity (Wildman–Crippen MR) is 131 cm³/mol. The van der Waals surface area contributed by atoms with Crippen LogP contribution in [0.25, 0.3) is 11.2 Å². The Labute approximate surface area is 217 Å². The van der Waals surface area contributed by atoms with Crippen LogP contribution in [0.1, 0.15) is 31.4 Å². The minimum atomic E-state index is -0.788. The van der Waals surface area contributed by atoms with Crippen LogP contribution in [-0.2, 0) is 23.7 Å². The Bertz CT molecular complexity index is 1320. The van der Waals surface area contributed by atoms with Gasteiger partial charge in [0, 0.05) is 12.1 Å². The Balaban J connectivity index is 1.23. The van der Waals surface area contributed by atoms with Gasteiger partial charge in [-0.05, 0) is 19.3 Å². The molecule has 3 aliphatic rings. The van der Waals surface area contributed by atoms with Gasteiger partial charge in [0.1, 0.15) is 24.6 Å². The first-order chi connectivity index (χ1) is 18.5. The number of carbonyl (C=O) groups excluding carboxylic acids is 1. The van der Waals surface area contributed by atoms with Gasteiger partial charge in [-0.15, -0.1) is 0 Å². The number of fused-ring (bicyclic) bond motifs is 2. The van der Waals surface area contributed by atoms with E-state index in [1.165, 1.54) is 6.33 Å². The number of nitrogens with one attached hydrogen (secondary N) is 2. The monoisotopic (exact) mass is 524 g/mol. The van der Waals surface area contributed by atoms with E-state index in [9.17, 15) is 9.59 Å². The third kappa shape index (κ3) is 4.69. The molecule has 6 rings (SSSR count). The number of urea groups is 1. The Morgan fingerprint density at radius 2 is 1.92 bits per heavy atom. The molecule has 0 radical (unpaired) electrons. The topological polar surface area (TPSA) is 159 Å². The van der Waals surface area contributed by atoms with E-state index in [1.54, 1.807) is 10.9 Å². The van der Waals surface area contributed by atoms with Crippen LogP contribution < -0.4 is 10.6 Å². The molecule has 7 atom stereocenters.